The van der Waals surface area contributed by atoms with E-state index in [0.29, 0.717) is 0 Å². The van der Waals surface area contributed by atoms with Crippen LogP contribution in [0.3, 0.4) is 0 Å². The van der Waals surface area contributed by atoms with Crippen molar-refractivity contribution < 1.29 is 4.57 Å². The monoisotopic (exact) mass is 301 g/mol. The van der Waals surface area contributed by atoms with Crippen LogP contribution in [-0.4, -0.2) is 4.57 Å². The summed E-state index contributed by atoms with van der Waals surface area (Å²) in [6, 6.07) is 8.68. The lowest BCUT2D eigenvalue weighted by atomic mass is 10.1. The molecule has 0 fully saturated rings. The zero-order valence-corrected chi connectivity index (χ0v) is 14.6. The number of aromatic nitrogens is 2. The van der Waals surface area contributed by atoms with Gasteiger partial charge in [-0.2, -0.15) is 0 Å². The van der Waals surface area contributed by atoms with E-state index in [1.165, 1.54) is 75.2 Å². The van der Waals surface area contributed by atoms with E-state index in [1.54, 1.807) is 0 Å². The van der Waals surface area contributed by atoms with Gasteiger partial charge in [-0.25, -0.2) is 9.13 Å². The average molecular weight is 301 g/mol. The van der Waals surface area contributed by atoms with E-state index in [-0.39, 0.29) is 0 Å². The molecule has 0 N–H and O–H groups in total. The topological polar surface area (TPSA) is 8.81 Å². The molecule has 22 heavy (non-hydrogen) atoms. The minimum absolute atomic E-state index is 1.15. The molecule has 0 saturated heterocycles. The van der Waals surface area contributed by atoms with E-state index < -0.39 is 0 Å². The molecule has 2 heteroatoms. The number of hydrogen-bond acceptors (Lipinski definition) is 0. The van der Waals surface area contributed by atoms with Gasteiger partial charge in [-0.1, -0.05) is 70.4 Å². The molecule has 1 aromatic carbocycles. The lowest BCUT2D eigenvalue weighted by Gasteiger charge is -2.02. The SMILES string of the molecule is CCCCCCCCCCCCn1c[n+](C)c2ccccc21. The molecule has 0 saturated carbocycles. The molecule has 0 aliphatic heterocycles. The molecular formula is C20H33N2+. The van der Waals surface area contributed by atoms with E-state index >= 15 is 0 Å². The minimum Gasteiger partial charge on any atom is -0.233 e. The number of imidazole rings is 1. The minimum atomic E-state index is 1.15. The summed E-state index contributed by atoms with van der Waals surface area (Å²) in [7, 11) is 2.14. The Balaban J connectivity index is 1.59. The van der Waals surface area contributed by atoms with E-state index in [2.05, 4.69) is 53.7 Å². The summed E-state index contributed by atoms with van der Waals surface area (Å²) >= 11 is 0. The molecular weight excluding hydrogens is 268 g/mol. The van der Waals surface area contributed by atoms with Crippen molar-refractivity contribution in [1.29, 1.82) is 0 Å². The summed E-state index contributed by atoms with van der Waals surface area (Å²) in [5.74, 6) is 0. The summed E-state index contributed by atoms with van der Waals surface area (Å²) < 4.78 is 4.63. The Morgan fingerprint density at radius 1 is 0.818 bits per heavy atom. The fourth-order valence-electron chi connectivity index (χ4n) is 3.29. The number of benzene rings is 1. The number of hydrogen-bond donors (Lipinski definition) is 0. The van der Waals surface area contributed by atoms with Crippen molar-refractivity contribution in [3.05, 3.63) is 30.6 Å². The molecule has 1 aromatic heterocycles. The second-order valence-corrected chi connectivity index (χ2v) is 6.59. The van der Waals surface area contributed by atoms with Gasteiger partial charge in [0.1, 0.15) is 0 Å². The zero-order chi connectivity index (χ0) is 15.6. The van der Waals surface area contributed by atoms with Gasteiger partial charge in [0.15, 0.2) is 11.0 Å². The Kier molecular flexibility index (Phi) is 7.48. The average Bonchev–Trinajstić information content (AvgIpc) is 2.86. The van der Waals surface area contributed by atoms with Gasteiger partial charge in [0.05, 0.1) is 13.6 Å². The predicted octanol–water partition coefficient (Wildman–Crippen LogP) is 5.39. The van der Waals surface area contributed by atoms with Gasteiger partial charge in [0.25, 0.3) is 0 Å². The Bertz CT molecular complexity index is 542. The molecule has 2 aromatic rings. The van der Waals surface area contributed by atoms with Gasteiger partial charge < -0.3 is 0 Å². The van der Waals surface area contributed by atoms with Gasteiger partial charge >= 0.3 is 0 Å². The molecule has 0 spiro atoms. The Hall–Kier alpha value is -1.31. The maximum Gasteiger partial charge on any atom is 0.244 e. The standard InChI is InChI=1S/C20H33N2/c1-3-4-5-6-7-8-9-10-11-14-17-22-18-21(2)19-15-12-13-16-20(19)22/h12-13,15-16,18H,3-11,14,17H2,1-2H3/q+1. The summed E-state index contributed by atoms with van der Waals surface area (Å²) in [5.41, 5.74) is 2.69. The highest BCUT2D eigenvalue weighted by atomic mass is 15.1. The van der Waals surface area contributed by atoms with Crippen molar-refractivity contribution in [2.24, 2.45) is 7.05 Å². The number of para-hydroxylation sites is 2. The van der Waals surface area contributed by atoms with Crippen molar-refractivity contribution in [1.82, 2.24) is 4.57 Å². The molecule has 0 bridgehead atoms. The Labute approximate surface area is 136 Å². The Morgan fingerprint density at radius 2 is 1.41 bits per heavy atom. The van der Waals surface area contributed by atoms with Crippen LogP contribution in [0, 0.1) is 0 Å². The zero-order valence-electron chi connectivity index (χ0n) is 14.6. The highest BCUT2D eigenvalue weighted by Gasteiger charge is 2.11. The van der Waals surface area contributed by atoms with Crippen molar-refractivity contribution in [2.45, 2.75) is 77.7 Å². The van der Waals surface area contributed by atoms with Crippen LogP contribution in [0.25, 0.3) is 11.0 Å². The smallest absolute Gasteiger partial charge is 0.233 e. The third-order valence-electron chi connectivity index (χ3n) is 4.64. The predicted molar refractivity (Wildman–Crippen MR) is 95.0 cm³/mol. The van der Waals surface area contributed by atoms with Crippen LogP contribution < -0.4 is 4.57 Å². The van der Waals surface area contributed by atoms with Gasteiger partial charge in [0, 0.05) is 0 Å². The maximum atomic E-state index is 2.40. The van der Waals surface area contributed by atoms with Crippen molar-refractivity contribution in [2.75, 3.05) is 0 Å². The van der Waals surface area contributed by atoms with Crippen molar-refractivity contribution in [3.8, 4) is 0 Å². The van der Waals surface area contributed by atoms with E-state index in [0.717, 1.165) is 6.54 Å². The molecule has 0 amide bonds. The van der Waals surface area contributed by atoms with Crippen molar-refractivity contribution in [3.63, 3.8) is 0 Å². The van der Waals surface area contributed by atoms with Crippen molar-refractivity contribution >= 4 is 11.0 Å². The van der Waals surface area contributed by atoms with Crippen LogP contribution in [-0.2, 0) is 13.6 Å². The summed E-state index contributed by atoms with van der Waals surface area (Å²) in [5, 5.41) is 0. The fourth-order valence-corrected chi connectivity index (χ4v) is 3.29. The molecule has 0 atom stereocenters. The van der Waals surface area contributed by atoms with Gasteiger partial charge in [-0.05, 0) is 25.0 Å². The number of nitrogens with zero attached hydrogens (tertiary/aromatic N) is 2. The number of fused-ring (bicyclic) bond motifs is 1. The van der Waals surface area contributed by atoms with E-state index in [4.69, 9.17) is 0 Å². The summed E-state index contributed by atoms with van der Waals surface area (Å²) in [6.45, 7) is 3.44. The molecule has 0 unspecified atom stereocenters. The largest absolute Gasteiger partial charge is 0.244 e. The highest BCUT2D eigenvalue weighted by Crippen LogP contribution is 2.13. The third-order valence-corrected chi connectivity index (χ3v) is 4.64. The van der Waals surface area contributed by atoms with Crippen LogP contribution in [0.2, 0.25) is 0 Å². The Morgan fingerprint density at radius 3 is 2.09 bits per heavy atom. The molecule has 0 aliphatic rings. The molecule has 1 heterocycles. The fraction of sp³-hybridized carbons (Fsp3) is 0.650. The van der Waals surface area contributed by atoms with Crippen LogP contribution in [0.5, 0.6) is 0 Å². The number of aryl methyl sites for hydroxylation is 2. The molecule has 2 nitrogen and oxygen atoms in total. The lowest BCUT2D eigenvalue weighted by Crippen LogP contribution is -2.25. The second-order valence-electron chi connectivity index (χ2n) is 6.59. The summed E-state index contributed by atoms with van der Waals surface area (Å²) in [6.07, 6.45) is 16.3. The molecule has 0 radical (unpaired) electrons. The molecule has 2 rings (SSSR count). The van der Waals surface area contributed by atoms with Gasteiger partial charge in [0.2, 0.25) is 6.33 Å². The van der Waals surface area contributed by atoms with Crippen LogP contribution in [0.1, 0.15) is 71.1 Å². The second kappa shape index (κ2) is 9.66. The van der Waals surface area contributed by atoms with Crippen LogP contribution in [0.15, 0.2) is 30.6 Å². The molecule has 0 aliphatic carbocycles. The third kappa shape index (κ3) is 5.15. The normalized spacial score (nSPS) is 11.4. The number of unbranched alkanes of at least 4 members (excludes halogenated alkanes) is 9. The summed E-state index contributed by atoms with van der Waals surface area (Å²) in [4.78, 5) is 0. The quantitative estimate of drug-likeness (QED) is 0.389. The first kappa shape index (κ1) is 17.1. The van der Waals surface area contributed by atoms with Gasteiger partial charge in [-0.3, -0.25) is 0 Å². The van der Waals surface area contributed by atoms with E-state index in [1.807, 2.05) is 0 Å². The van der Waals surface area contributed by atoms with Gasteiger partial charge in [-0.15, -0.1) is 0 Å². The lowest BCUT2D eigenvalue weighted by molar-refractivity contribution is -0.645. The first-order valence-corrected chi connectivity index (χ1v) is 9.26. The number of rotatable bonds is 11. The first-order valence-electron chi connectivity index (χ1n) is 9.26. The highest BCUT2D eigenvalue weighted by molar-refractivity contribution is 5.71. The maximum absolute atomic E-state index is 2.40. The first-order chi connectivity index (χ1) is 10.8. The van der Waals surface area contributed by atoms with E-state index in [9.17, 15) is 0 Å². The van der Waals surface area contributed by atoms with Crippen LogP contribution in [0.4, 0.5) is 0 Å². The van der Waals surface area contributed by atoms with Crippen LogP contribution >= 0.6 is 0 Å². The molecule has 122 valence electrons.